The molecule has 0 saturated carbocycles. The fraction of sp³-hybridized carbons (Fsp3) is 0.455. The van der Waals surface area contributed by atoms with E-state index in [1.54, 1.807) is 26.2 Å². The smallest absolute Gasteiger partial charge is 0.262 e. The van der Waals surface area contributed by atoms with Gasteiger partial charge in [-0.25, -0.2) is 8.42 Å². The van der Waals surface area contributed by atoms with Crippen molar-refractivity contribution in [1.29, 1.82) is 0 Å². The van der Waals surface area contributed by atoms with Gasteiger partial charge in [-0.05, 0) is 67.4 Å². The highest BCUT2D eigenvalue weighted by molar-refractivity contribution is 7.92. The summed E-state index contributed by atoms with van der Waals surface area (Å²) in [6.07, 6.45) is 0. The molecular weight excluding hydrogens is 386 g/mol. The highest BCUT2D eigenvalue weighted by Crippen LogP contribution is 2.32. The van der Waals surface area contributed by atoms with E-state index >= 15 is 0 Å². The van der Waals surface area contributed by atoms with Crippen molar-refractivity contribution >= 4 is 21.4 Å². The van der Waals surface area contributed by atoms with E-state index in [-0.39, 0.29) is 10.8 Å². The van der Waals surface area contributed by atoms with Gasteiger partial charge in [-0.15, -0.1) is 0 Å². The average Bonchev–Trinajstić information content (AvgIpc) is 2.68. The summed E-state index contributed by atoms with van der Waals surface area (Å²) in [5, 5.41) is 0. The normalized spacial score (nSPS) is 15.6. The predicted octanol–water partition coefficient (Wildman–Crippen LogP) is 3.68. The van der Waals surface area contributed by atoms with Gasteiger partial charge < -0.3 is 14.5 Å². The summed E-state index contributed by atoms with van der Waals surface area (Å²) < 4.78 is 34.3. The Morgan fingerprint density at radius 3 is 2.21 bits per heavy atom. The number of nitrogens with one attached hydrogen (secondary N) is 1. The maximum absolute atomic E-state index is 13.1. The molecule has 0 radical (unpaired) electrons. The fourth-order valence-corrected chi connectivity index (χ4v) is 4.93. The minimum Gasteiger partial charge on any atom is -0.496 e. The predicted molar refractivity (Wildman–Crippen MR) is 119 cm³/mol. The second-order valence-corrected chi connectivity index (χ2v) is 9.61. The molecule has 0 atom stereocenters. The zero-order chi connectivity index (χ0) is 21.2. The minimum atomic E-state index is -3.70. The largest absolute Gasteiger partial charge is 0.496 e. The van der Waals surface area contributed by atoms with E-state index in [1.165, 1.54) is 0 Å². The van der Waals surface area contributed by atoms with Crippen LogP contribution in [-0.4, -0.2) is 53.7 Å². The minimum absolute atomic E-state index is 0.155. The van der Waals surface area contributed by atoms with E-state index in [0.29, 0.717) is 17.0 Å². The summed E-state index contributed by atoms with van der Waals surface area (Å²) in [4.78, 5) is 4.91. The monoisotopic (exact) mass is 417 g/mol. The molecule has 6 nitrogen and oxygen atoms in total. The lowest BCUT2D eigenvalue weighted by molar-refractivity contribution is 0.313. The molecule has 1 aliphatic rings. The van der Waals surface area contributed by atoms with Crippen LogP contribution in [0.4, 0.5) is 11.4 Å². The lowest BCUT2D eigenvalue weighted by Gasteiger charge is -2.34. The van der Waals surface area contributed by atoms with Crippen LogP contribution in [0.15, 0.2) is 41.3 Å². The Kier molecular flexibility index (Phi) is 6.39. The van der Waals surface area contributed by atoms with Gasteiger partial charge in [-0.2, -0.15) is 0 Å². The molecule has 1 fully saturated rings. The summed E-state index contributed by atoms with van der Waals surface area (Å²) in [7, 11) is 0.0364. The molecule has 0 unspecified atom stereocenters. The Morgan fingerprint density at radius 2 is 1.66 bits per heavy atom. The number of piperazine rings is 1. The second kappa shape index (κ2) is 8.63. The Morgan fingerprint density at radius 1 is 1.03 bits per heavy atom. The van der Waals surface area contributed by atoms with E-state index in [2.05, 4.69) is 21.6 Å². The van der Waals surface area contributed by atoms with Crippen LogP contribution >= 0.6 is 0 Å². The average molecular weight is 418 g/mol. The van der Waals surface area contributed by atoms with Crippen LogP contribution in [0.2, 0.25) is 0 Å². The molecular formula is C22H31N3O3S. The van der Waals surface area contributed by atoms with Crippen LogP contribution in [0, 0.1) is 6.92 Å². The van der Waals surface area contributed by atoms with Crippen LogP contribution in [0.1, 0.15) is 30.9 Å². The molecule has 1 heterocycles. The van der Waals surface area contributed by atoms with Crippen molar-refractivity contribution in [2.24, 2.45) is 0 Å². The SMILES string of the molecule is COc1cc(C)c(S(=O)(=O)Nc2ccc(N3CCN(C)CC3)cc2)cc1C(C)C. The number of hydrogen-bond acceptors (Lipinski definition) is 5. The molecule has 3 rings (SSSR count). The molecule has 2 aromatic rings. The first-order valence-electron chi connectivity index (χ1n) is 9.96. The van der Waals surface area contributed by atoms with Crippen LogP contribution in [0.25, 0.3) is 0 Å². The molecule has 1 saturated heterocycles. The molecule has 2 aromatic carbocycles. The van der Waals surface area contributed by atoms with Crippen LogP contribution in [0.5, 0.6) is 5.75 Å². The number of nitrogens with zero attached hydrogens (tertiary/aromatic N) is 2. The zero-order valence-electron chi connectivity index (χ0n) is 17.9. The van der Waals surface area contributed by atoms with Gasteiger partial charge >= 0.3 is 0 Å². The summed E-state index contributed by atoms with van der Waals surface area (Å²) in [5.41, 5.74) is 3.21. The Balaban J connectivity index is 1.81. The first-order valence-corrected chi connectivity index (χ1v) is 11.4. The number of aryl methyl sites for hydroxylation is 1. The maximum atomic E-state index is 13.1. The summed E-state index contributed by atoms with van der Waals surface area (Å²) in [5.74, 6) is 0.871. The Labute approximate surface area is 174 Å². The van der Waals surface area contributed by atoms with Crippen molar-refractivity contribution < 1.29 is 13.2 Å². The van der Waals surface area contributed by atoms with E-state index in [1.807, 2.05) is 38.1 Å². The molecule has 0 aromatic heterocycles. The van der Waals surface area contributed by atoms with E-state index in [0.717, 1.165) is 37.4 Å². The topological polar surface area (TPSA) is 61.9 Å². The molecule has 29 heavy (non-hydrogen) atoms. The third-order valence-electron chi connectivity index (χ3n) is 5.43. The summed E-state index contributed by atoms with van der Waals surface area (Å²) >= 11 is 0. The van der Waals surface area contributed by atoms with Crippen molar-refractivity contribution in [3.05, 3.63) is 47.5 Å². The van der Waals surface area contributed by atoms with Gasteiger partial charge in [0, 0.05) is 37.6 Å². The molecule has 0 bridgehead atoms. The van der Waals surface area contributed by atoms with E-state index < -0.39 is 10.0 Å². The van der Waals surface area contributed by atoms with Gasteiger partial charge in [0.25, 0.3) is 10.0 Å². The third-order valence-corrected chi connectivity index (χ3v) is 6.95. The molecule has 0 spiro atoms. The van der Waals surface area contributed by atoms with Crippen LogP contribution in [-0.2, 0) is 10.0 Å². The summed E-state index contributed by atoms with van der Waals surface area (Å²) in [6, 6.07) is 11.1. The standard InChI is InChI=1S/C22H31N3O3S/c1-16(2)20-15-22(17(3)14-21(20)28-5)29(26,27)23-18-6-8-19(9-7-18)25-12-10-24(4)11-13-25/h6-9,14-16,23H,10-13H2,1-5H3. The number of benzene rings is 2. The van der Waals surface area contributed by atoms with Gasteiger partial charge in [0.05, 0.1) is 12.0 Å². The highest BCUT2D eigenvalue weighted by Gasteiger charge is 2.21. The highest BCUT2D eigenvalue weighted by atomic mass is 32.2. The number of anilines is 2. The van der Waals surface area contributed by atoms with Crippen molar-refractivity contribution in [2.75, 3.05) is 50.0 Å². The summed E-state index contributed by atoms with van der Waals surface area (Å²) in [6.45, 7) is 9.85. The number of likely N-dealkylation sites (N-methyl/N-ethyl adjacent to an activating group) is 1. The Hall–Kier alpha value is -2.25. The second-order valence-electron chi connectivity index (χ2n) is 7.96. The van der Waals surface area contributed by atoms with Gasteiger partial charge in [0.15, 0.2) is 0 Å². The maximum Gasteiger partial charge on any atom is 0.262 e. The molecule has 7 heteroatoms. The van der Waals surface area contributed by atoms with Gasteiger partial charge in [-0.1, -0.05) is 13.8 Å². The van der Waals surface area contributed by atoms with Crippen LogP contribution in [0.3, 0.4) is 0 Å². The molecule has 1 N–H and O–H groups in total. The van der Waals surface area contributed by atoms with Crippen molar-refractivity contribution in [3.63, 3.8) is 0 Å². The number of hydrogen-bond donors (Lipinski definition) is 1. The molecule has 0 amide bonds. The van der Waals surface area contributed by atoms with Crippen molar-refractivity contribution in [3.8, 4) is 5.75 Å². The van der Waals surface area contributed by atoms with E-state index in [9.17, 15) is 8.42 Å². The first kappa shape index (κ1) is 21.5. The quantitative estimate of drug-likeness (QED) is 0.777. The van der Waals surface area contributed by atoms with Gasteiger partial charge in [-0.3, -0.25) is 4.72 Å². The number of methoxy groups -OCH3 is 1. The zero-order valence-corrected chi connectivity index (χ0v) is 18.7. The third kappa shape index (κ3) is 4.85. The lowest BCUT2D eigenvalue weighted by atomic mass is 10.0. The van der Waals surface area contributed by atoms with Crippen molar-refractivity contribution in [2.45, 2.75) is 31.6 Å². The number of sulfonamides is 1. The fourth-order valence-electron chi connectivity index (χ4n) is 3.61. The van der Waals surface area contributed by atoms with Gasteiger partial charge in [0.1, 0.15) is 5.75 Å². The van der Waals surface area contributed by atoms with Gasteiger partial charge in [0.2, 0.25) is 0 Å². The lowest BCUT2D eigenvalue weighted by Crippen LogP contribution is -2.44. The van der Waals surface area contributed by atoms with Crippen molar-refractivity contribution in [1.82, 2.24) is 4.90 Å². The molecule has 158 valence electrons. The number of ether oxygens (including phenoxy) is 1. The van der Waals surface area contributed by atoms with Crippen LogP contribution < -0.4 is 14.4 Å². The number of rotatable bonds is 6. The molecule has 0 aliphatic carbocycles. The molecule has 1 aliphatic heterocycles. The van der Waals surface area contributed by atoms with E-state index in [4.69, 9.17) is 4.74 Å². The Bertz CT molecular complexity index is 948. The first-order chi connectivity index (χ1) is 13.7.